The van der Waals surface area contributed by atoms with Gasteiger partial charge in [-0.15, -0.1) is 0 Å². The molecule has 1 unspecified atom stereocenters. The molecule has 0 amide bonds. The maximum atomic E-state index is 13.7. The van der Waals surface area contributed by atoms with Gasteiger partial charge in [0.25, 0.3) is 0 Å². The molecule has 1 atom stereocenters. The van der Waals surface area contributed by atoms with Crippen LogP contribution in [0.1, 0.15) is 24.8 Å². The maximum Gasteiger partial charge on any atom is 0.191 e. The predicted octanol–water partition coefficient (Wildman–Crippen LogP) is 2.84. The monoisotopic (exact) mass is 401 g/mol. The van der Waals surface area contributed by atoms with E-state index in [0.29, 0.717) is 31.3 Å². The molecule has 134 valence electrons. The van der Waals surface area contributed by atoms with Crippen LogP contribution in [0.4, 0.5) is 4.39 Å². The van der Waals surface area contributed by atoms with E-state index in [2.05, 4.69) is 31.6 Å². The second-order valence-corrected chi connectivity index (χ2v) is 6.57. The lowest BCUT2D eigenvalue weighted by Crippen LogP contribution is -2.37. The van der Waals surface area contributed by atoms with E-state index < -0.39 is 0 Å². The maximum absolute atomic E-state index is 13.7. The number of aliphatic imine (C=N–C) groups is 1. The van der Waals surface area contributed by atoms with Crippen molar-refractivity contribution in [2.75, 3.05) is 33.4 Å². The molecular weight excluding hydrogens is 377 g/mol. The molecule has 5 nitrogen and oxygen atoms in total. The second kappa shape index (κ2) is 10.6. The highest BCUT2D eigenvalue weighted by Crippen LogP contribution is 2.15. The summed E-state index contributed by atoms with van der Waals surface area (Å²) in [7, 11) is 1.69. The van der Waals surface area contributed by atoms with Crippen LogP contribution in [0, 0.1) is 5.82 Å². The fourth-order valence-electron chi connectivity index (χ4n) is 2.45. The summed E-state index contributed by atoms with van der Waals surface area (Å²) in [5.41, 5.74) is 0.590. The average molecular weight is 402 g/mol. The molecular formula is C17H25BrFN3O2. The third kappa shape index (κ3) is 6.75. The van der Waals surface area contributed by atoms with Gasteiger partial charge in [-0.05, 0) is 37.5 Å². The Balaban J connectivity index is 1.59. The van der Waals surface area contributed by atoms with Gasteiger partial charge in [-0.25, -0.2) is 4.39 Å². The van der Waals surface area contributed by atoms with Crippen LogP contribution in [0.2, 0.25) is 0 Å². The molecule has 0 aliphatic carbocycles. The molecule has 7 heteroatoms. The molecule has 2 N–H and O–H groups in total. The molecule has 1 aliphatic rings. The second-order valence-electron chi connectivity index (χ2n) is 5.65. The first-order valence-electron chi connectivity index (χ1n) is 8.27. The van der Waals surface area contributed by atoms with E-state index in [1.807, 2.05) is 0 Å². The molecule has 1 fully saturated rings. The van der Waals surface area contributed by atoms with Crippen molar-refractivity contribution in [2.45, 2.75) is 31.9 Å². The summed E-state index contributed by atoms with van der Waals surface area (Å²) >= 11 is 3.35. The summed E-state index contributed by atoms with van der Waals surface area (Å²) in [6.45, 7) is 3.34. The first-order chi connectivity index (χ1) is 11.7. The van der Waals surface area contributed by atoms with Gasteiger partial charge in [0.2, 0.25) is 0 Å². The Morgan fingerprint density at radius 1 is 1.46 bits per heavy atom. The van der Waals surface area contributed by atoms with E-state index in [1.165, 1.54) is 6.07 Å². The van der Waals surface area contributed by atoms with Crippen molar-refractivity contribution in [3.63, 3.8) is 0 Å². The number of benzene rings is 1. The lowest BCUT2D eigenvalue weighted by atomic mass is 10.2. The van der Waals surface area contributed by atoms with Crippen molar-refractivity contribution < 1.29 is 13.9 Å². The van der Waals surface area contributed by atoms with E-state index in [4.69, 9.17) is 9.47 Å². The predicted molar refractivity (Wildman–Crippen MR) is 96.7 cm³/mol. The minimum Gasteiger partial charge on any atom is -0.379 e. The van der Waals surface area contributed by atoms with E-state index in [-0.39, 0.29) is 11.9 Å². The van der Waals surface area contributed by atoms with Crippen molar-refractivity contribution in [3.8, 4) is 0 Å². The molecule has 0 saturated carbocycles. The lowest BCUT2D eigenvalue weighted by Gasteiger charge is -2.13. The standard InChI is InChI=1S/C17H25BrFN3O2/c1-20-17(22-11-13-10-14(18)5-6-16(13)19)21-7-3-8-23-12-15-4-2-9-24-15/h5-6,10,15H,2-4,7-9,11-12H2,1H3,(H2,20,21,22). The number of hydrogen-bond acceptors (Lipinski definition) is 3. The van der Waals surface area contributed by atoms with Gasteiger partial charge in [-0.3, -0.25) is 4.99 Å². The summed E-state index contributed by atoms with van der Waals surface area (Å²) in [6, 6.07) is 4.89. The Labute approximate surface area is 151 Å². The van der Waals surface area contributed by atoms with E-state index >= 15 is 0 Å². The van der Waals surface area contributed by atoms with E-state index in [0.717, 1.165) is 36.9 Å². The van der Waals surface area contributed by atoms with Crippen LogP contribution in [-0.4, -0.2) is 45.5 Å². The quantitative estimate of drug-likeness (QED) is 0.399. The molecule has 0 bridgehead atoms. The molecule has 2 rings (SSSR count). The third-order valence-corrected chi connectivity index (χ3v) is 4.26. The van der Waals surface area contributed by atoms with E-state index in [1.54, 1.807) is 19.2 Å². The topological polar surface area (TPSA) is 54.9 Å². The average Bonchev–Trinajstić information content (AvgIpc) is 3.09. The fourth-order valence-corrected chi connectivity index (χ4v) is 2.86. The number of ether oxygens (including phenoxy) is 2. The van der Waals surface area contributed by atoms with Crippen molar-refractivity contribution in [3.05, 3.63) is 34.1 Å². The Hall–Kier alpha value is -1.18. The van der Waals surface area contributed by atoms with Gasteiger partial charge in [0, 0.05) is 43.4 Å². The molecule has 24 heavy (non-hydrogen) atoms. The van der Waals surface area contributed by atoms with Gasteiger partial charge in [0.1, 0.15) is 5.82 Å². The van der Waals surface area contributed by atoms with Crippen LogP contribution in [0.25, 0.3) is 0 Å². The first kappa shape index (κ1) is 19.1. The van der Waals surface area contributed by atoms with Crippen LogP contribution >= 0.6 is 15.9 Å². The molecule has 1 saturated heterocycles. The van der Waals surface area contributed by atoms with Crippen LogP contribution < -0.4 is 10.6 Å². The van der Waals surface area contributed by atoms with Crippen LogP contribution in [0.5, 0.6) is 0 Å². The van der Waals surface area contributed by atoms with Gasteiger partial charge >= 0.3 is 0 Å². The van der Waals surface area contributed by atoms with Gasteiger partial charge in [-0.2, -0.15) is 0 Å². The molecule has 0 aromatic heterocycles. The molecule has 0 spiro atoms. The number of nitrogens with one attached hydrogen (secondary N) is 2. The summed E-state index contributed by atoms with van der Waals surface area (Å²) in [6.07, 6.45) is 3.38. The highest BCUT2D eigenvalue weighted by atomic mass is 79.9. The van der Waals surface area contributed by atoms with Crippen LogP contribution in [0.3, 0.4) is 0 Å². The zero-order valence-electron chi connectivity index (χ0n) is 14.0. The smallest absolute Gasteiger partial charge is 0.191 e. The van der Waals surface area contributed by atoms with Crippen molar-refractivity contribution in [1.82, 2.24) is 10.6 Å². The summed E-state index contributed by atoms with van der Waals surface area (Å²) < 4.78 is 25.7. The highest BCUT2D eigenvalue weighted by Gasteiger charge is 2.14. The normalized spacial score (nSPS) is 18.0. The Morgan fingerprint density at radius 2 is 2.33 bits per heavy atom. The summed E-state index contributed by atoms with van der Waals surface area (Å²) in [5.74, 6) is 0.414. The Kier molecular flexibility index (Phi) is 8.49. The van der Waals surface area contributed by atoms with Crippen molar-refractivity contribution in [1.29, 1.82) is 0 Å². The number of nitrogens with zero attached hydrogens (tertiary/aromatic N) is 1. The lowest BCUT2D eigenvalue weighted by molar-refractivity contribution is 0.0168. The van der Waals surface area contributed by atoms with Gasteiger partial charge in [0.15, 0.2) is 5.96 Å². The summed E-state index contributed by atoms with van der Waals surface area (Å²) in [5, 5.41) is 6.30. The number of rotatable bonds is 8. The van der Waals surface area contributed by atoms with Gasteiger partial charge in [0.05, 0.1) is 12.7 Å². The highest BCUT2D eigenvalue weighted by molar-refractivity contribution is 9.10. The Bertz CT molecular complexity index is 537. The third-order valence-electron chi connectivity index (χ3n) is 3.76. The summed E-state index contributed by atoms with van der Waals surface area (Å²) in [4.78, 5) is 4.14. The zero-order chi connectivity index (χ0) is 17.2. The number of guanidine groups is 1. The van der Waals surface area contributed by atoms with Crippen LogP contribution in [-0.2, 0) is 16.0 Å². The largest absolute Gasteiger partial charge is 0.379 e. The Morgan fingerprint density at radius 3 is 3.08 bits per heavy atom. The number of halogens is 2. The minimum absolute atomic E-state index is 0.233. The fraction of sp³-hybridized carbons (Fsp3) is 0.588. The van der Waals surface area contributed by atoms with Crippen LogP contribution in [0.15, 0.2) is 27.7 Å². The van der Waals surface area contributed by atoms with Gasteiger partial charge in [-0.1, -0.05) is 15.9 Å². The molecule has 1 aromatic carbocycles. The number of hydrogen-bond donors (Lipinski definition) is 2. The molecule has 1 heterocycles. The van der Waals surface area contributed by atoms with Crippen molar-refractivity contribution in [2.24, 2.45) is 4.99 Å². The molecule has 1 aliphatic heterocycles. The minimum atomic E-state index is -0.233. The SMILES string of the molecule is CN=C(NCCCOCC1CCCO1)NCc1cc(Br)ccc1F. The first-order valence-corrected chi connectivity index (χ1v) is 9.06. The van der Waals surface area contributed by atoms with Crippen molar-refractivity contribution >= 4 is 21.9 Å². The van der Waals surface area contributed by atoms with Gasteiger partial charge < -0.3 is 20.1 Å². The molecule has 1 aromatic rings. The molecule has 0 radical (unpaired) electrons. The zero-order valence-corrected chi connectivity index (χ0v) is 15.6. The van der Waals surface area contributed by atoms with E-state index in [9.17, 15) is 4.39 Å².